The largest absolute Gasteiger partial charge is 0.378 e. The molecule has 1 fully saturated rings. The highest BCUT2D eigenvalue weighted by molar-refractivity contribution is 5.27. The third-order valence-corrected chi connectivity index (χ3v) is 1.69. The van der Waals surface area contributed by atoms with Crippen molar-refractivity contribution in [1.29, 1.82) is 0 Å². The van der Waals surface area contributed by atoms with Gasteiger partial charge in [0.25, 0.3) is 0 Å². The van der Waals surface area contributed by atoms with Crippen LogP contribution in [0.4, 0.5) is 5.95 Å². The number of aromatic nitrogens is 3. The lowest BCUT2D eigenvalue weighted by Gasteiger charge is -2.25. The molecule has 0 spiro atoms. The summed E-state index contributed by atoms with van der Waals surface area (Å²) in [4.78, 5) is 13.3. The van der Waals surface area contributed by atoms with Gasteiger partial charge >= 0.3 is 0 Å². The van der Waals surface area contributed by atoms with Gasteiger partial charge in [-0.15, -0.1) is 0 Å². The van der Waals surface area contributed by atoms with E-state index in [9.17, 15) is 0 Å². The van der Waals surface area contributed by atoms with Crippen molar-refractivity contribution in [1.82, 2.24) is 15.0 Å². The standard InChI is InChI=1S/C7H8N4O/c1-3-12-4-2-11(1)7-9-5-8-6-10-7/h1-4H2. The van der Waals surface area contributed by atoms with Crippen molar-refractivity contribution in [2.75, 3.05) is 31.2 Å². The quantitative estimate of drug-likeness (QED) is 0.549. The summed E-state index contributed by atoms with van der Waals surface area (Å²) in [5.41, 5.74) is 0. The molecule has 1 aliphatic heterocycles. The van der Waals surface area contributed by atoms with E-state index in [1.165, 1.54) is 0 Å². The van der Waals surface area contributed by atoms with Gasteiger partial charge in [-0.2, -0.15) is 9.97 Å². The third-order valence-electron chi connectivity index (χ3n) is 1.69. The second-order valence-electron chi connectivity index (χ2n) is 2.43. The Morgan fingerprint density at radius 1 is 1.17 bits per heavy atom. The minimum Gasteiger partial charge on any atom is -0.378 e. The van der Waals surface area contributed by atoms with Gasteiger partial charge in [0.05, 0.1) is 13.2 Å². The molecule has 2 radical (unpaired) electrons. The summed E-state index contributed by atoms with van der Waals surface area (Å²) in [6, 6.07) is 0. The molecule has 1 saturated heterocycles. The summed E-state index contributed by atoms with van der Waals surface area (Å²) in [6.07, 6.45) is 4.92. The van der Waals surface area contributed by atoms with E-state index in [2.05, 4.69) is 27.6 Å². The molecular weight excluding hydrogens is 156 g/mol. The van der Waals surface area contributed by atoms with Gasteiger partial charge in [-0.05, 0) is 0 Å². The van der Waals surface area contributed by atoms with Crippen molar-refractivity contribution in [3.63, 3.8) is 0 Å². The van der Waals surface area contributed by atoms with E-state index < -0.39 is 0 Å². The van der Waals surface area contributed by atoms with E-state index in [0.29, 0.717) is 5.95 Å². The molecule has 0 amide bonds. The van der Waals surface area contributed by atoms with Gasteiger partial charge in [0.2, 0.25) is 18.6 Å². The zero-order valence-electron chi connectivity index (χ0n) is 6.53. The Hall–Kier alpha value is -1.23. The first-order chi connectivity index (χ1) is 5.97. The van der Waals surface area contributed by atoms with Gasteiger partial charge in [0, 0.05) is 13.1 Å². The molecule has 5 nitrogen and oxygen atoms in total. The highest BCUT2D eigenvalue weighted by Crippen LogP contribution is 2.05. The van der Waals surface area contributed by atoms with Crippen LogP contribution in [0.25, 0.3) is 0 Å². The number of rotatable bonds is 1. The highest BCUT2D eigenvalue weighted by Gasteiger charge is 2.12. The van der Waals surface area contributed by atoms with E-state index in [-0.39, 0.29) is 0 Å². The molecule has 0 atom stereocenters. The van der Waals surface area contributed by atoms with Crippen LogP contribution in [0.15, 0.2) is 0 Å². The number of hydrogen-bond donors (Lipinski definition) is 0. The second kappa shape index (κ2) is 3.44. The second-order valence-corrected chi connectivity index (χ2v) is 2.43. The van der Waals surface area contributed by atoms with Crippen LogP contribution in [0.5, 0.6) is 0 Å². The minimum atomic E-state index is 0.633. The van der Waals surface area contributed by atoms with Gasteiger partial charge in [-0.1, -0.05) is 0 Å². The van der Waals surface area contributed by atoms with Crippen molar-refractivity contribution in [3.05, 3.63) is 12.7 Å². The fourth-order valence-electron chi connectivity index (χ4n) is 1.09. The highest BCUT2D eigenvalue weighted by atomic mass is 16.5. The summed E-state index contributed by atoms with van der Waals surface area (Å²) < 4.78 is 5.19. The lowest BCUT2D eigenvalue weighted by atomic mass is 10.4. The zero-order chi connectivity index (χ0) is 8.23. The molecule has 0 aromatic carbocycles. The van der Waals surface area contributed by atoms with E-state index in [0.717, 1.165) is 26.3 Å². The van der Waals surface area contributed by atoms with Crippen LogP contribution in [-0.2, 0) is 4.74 Å². The number of ether oxygens (including phenoxy) is 1. The predicted molar refractivity (Wildman–Crippen MR) is 40.5 cm³/mol. The first-order valence-corrected chi connectivity index (χ1v) is 3.78. The predicted octanol–water partition coefficient (Wildman–Crippen LogP) is -0.691. The summed E-state index contributed by atoms with van der Waals surface area (Å²) in [6.45, 7) is 3.11. The van der Waals surface area contributed by atoms with Gasteiger partial charge in [0.1, 0.15) is 0 Å². The summed E-state index contributed by atoms with van der Waals surface area (Å²) in [5, 5.41) is 0. The fourth-order valence-corrected chi connectivity index (χ4v) is 1.09. The van der Waals surface area contributed by atoms with Gasteiger partial charge in [0.15, 0.2) is 0 Å². The van der Waals surface area contributed by atoms with Crippen LogP contribution in [-0.4, -0.2) is 41.3 Å². The molecule has 12 heavy (non-hydrogen) atoms. The smallest absolute Gasteiger partial charge is 0.229 e. The molecule has 0 aliphatic carbocycles. The summed E-state index contributed by atoms with van der Waals surface area (Å²) in [7, 11) is 0. The lowest BCUT2D eigenvalue weighted by Crippen LogP contribution is -2.37. The van der Waals surface area contributed by atoms with E-state index in [1.54, 1.807) is 0 Å². The van der Waals surface area contributed by atoms with E-state index in [1.807, 2.05) is 4.90 Å². The van der Waals surface area contributed by atoms with E-state index >= 15 is 0 Å². The Bertz CT molecular complexity index is 234. The minimum absolute atomic E-state index is 0.633. The Morgan fingerprint density at radius 2 is 1.83 bits per heavy atom. The molecule has 0 saturated carbocycles. The lowest BCUT2D eigenvalue weighted by molar-refractivity contribution is 0.122. The van der Waals surface area contributed by atoms with Crippen molar-refractivity contribution in [2.24, 2.45) is 0 Å². The van der Waals surface area contributed by atoms with Crippen molar-refractivity contribution >= 4 is 5.95 Å². The number of hydrogen-bond acceptors (Lipinski definition) is 5. The van der Waals surface area contributed by atoms with Crippen LogP contribution in [0, 0.1) is 12.7 Å². The van der Waals surface area contributed by atoms with Gasteiger partial charge in [-0.25, -0.2) is 4.98 Å². The number of morpholine rings is 1. The first-order valence-electron chi connectivity index (χ1n) is 3.78. The van der Waals surface area contributed by atoms with Crippen LogP contribution in [0.3, 0.4) is 0 Å². The average Bonchev–Trinajstić information content (AvgIpc) is 2.21. The molecular formula is C7H8N4O. The Morgan fingerprint density at radius 3 is 2.50 bits per heavy atom. The van der Waals surface area contributed by atoms with Gasteiger partial charge < -0.3 is 9.64 Å². The topological polar surface area (TPSA) is 51.1 Å². The monoisotopic (exact) mass is 164 g/mol. The van der Waals surface area contributed by atoms with E-state index in [4.69, 9.17) is 4.74 Å². The van der Waals surface area contributed by atoms with Crippen molar-refractivity contribution < 1.29 is 4.74 Å². The molecule has 1 aliphatic rings. The molecule has 0 N–H and O–H groups in total. The maximum absolute atomic E-state index is 5.19. The van der Waals surface area contributed by atoms with Crippen LogP contribution >= 0.6 is 0 Å². The molecule has 62 valence electrons. The van der Waals surface area contributed by atoms with Crippen molar-refractivity contribution in [2.45, 2.75) is 0 Å². The normalized spacial score (nSPS) is 17.8. The third kappa shape index (κ3) is 1.50. The number of nitrogens with zero attached hydrogens (tertiary/aromatic N) is 4. The SMILES string of the molecule is [c]1n[c]nc(N2CCOCC2)n1. The molecule has 0 unspecified atom stereocenters. The summed E-state index contributed by atoms with van der Waals surface area (Å²) >= 11 is 0. The Kier molecular flexibility index (Phi) is 2.13. The van der Waals surface area contributed by atoms with Crippen LogP contribution < -0.4 is 4.90 Å². The maximum atomic E-state index is 5.19. The molecule has 2 rings (SSSR count). The first kappa shape index (κ1) is 7.42. The molecule has 2 heterocycles. The van der Waals surface area contributed by atoms with Crippen LogP contribution in [0.1, 0.15) is 0 Å². The average molecular weight is 164 g/mol. The molecule has 1 aromatic heterocycles. The maximum Gasteiger partial charge on any atom is 0.229 e. The Labute approximate surface area is 70.4 Å². The molecule has 0 bridgehead atoms. The summed E-state index contributed by atoms with van der Waals surface area (Å²) in [5.74, 6) is 0.633. The van der Waals surface area contributed by atoms with Crippen molar-refractivity contribution in [3.8, 4) is 0 Å². The zero-order valence-corrected chi connectivity index (χ0v) is 6.53. The Balaban J connectivity index is 2.08. The van der Waals surface area contributed by atoms with Crippen LogP contribution in [0.2, 0.25) is 0 Å². The number of anilines is 1. The van der Waals surface area contributed by atoms with Gasteiger partial charge in [-0.3, -0.25) is 0 Å². The fraction of sp³-hybridized carbons (Fsp3) is 0.571. The molecule has 1 aromatic rings. The molecule has 5 heteroatoms.